The Kier molecular flexibility index (Phi) is 4.00. The van der Waals surface area contributed by atoms with Gasteiger partial charge in [-0.05, 0) is 29.8 Å². The molecule has 2 aromatic carbocycles. The van der Waals surface area contributed by atoms with Crippen LogP contribution in [-0.4, -0.2) is 0 Å². The molecule has 0 N–H and O–H groups in total. The summed E-state index contributed by atoms with van der Waals surface area (Å²) in [4.78, 5) is 0. The van der Waals surface area contributed by atoms with Gasteiger partial charge in [-0.2, -0.15) is 13.2 Å². The normalized spacial score (nSPS) is 11.7. The van der Waals surface area contributed by atoms with Gasteiger partial charge in [0.05, 0.1) is 15.6 Å². The minimum absolute atomic E-state index is 0.00761. The van der Waals surface area contributed by atoms with Gasteiger partial charge in [0.15, 0.2) is 0 Å². The van der Waals surface area contributed by atoms with Crippen molar-refractivity contribution >= 4 is 34.8 Å². The van der Waals surface area contributed by atoms with E-state index in [9.17, 15) is 13.2 Å². The van der Waals surface area contributed by atoms with Crippen molar-refractivity contribution in [3.63, 3.8) is 0 Å². The van der Waals surface area contributed by atoms with E-state index >= 15 is 0 Å². The molecule has 0 aromatic heterocycles. The maximum Gasteiger partial charge on any atom is 0.417 e. The van der Waals surface area contributed by atoms with Crippen LogP contribution in [0.1, 0.15) is 5.56 Å². The average Bonchev–Trinajstić information content (AvgIpc) is 2.31. The van der Waals surface area contributed by atoms with Crippen molar-refractivity contribution in [2.75, 3.05) is 0 Å². The highest BCUT2D eigenvalue weighted by Gasteiger charge is 2.34. The molecule has 0 fully saturated rings. The number of alkyl halides is 3. The molecule has 0 unspecified atom stereocenters. The highest BCUT2D eigenvalue weighted by Crippen LogP contribution is 2.41. The predicted octanol–water partition coefficient (Wildman–Crippen LogP) is 6.33. The fourth-order valence-electron chi connectivity index (χ4n) is 1.71. The van der Waals surface area contributed by atoms with Crippen LogP contribution in [0.25, 0.3) is 11.1 Å². The van der Waals surface area contributed by atoms with E-state index < -0.39 is 11.7 Å². The molecule has 0 heterocycles. The molecule has 2 rings (SSSR count). The summed E-state index contributed by atoms with van der Waals surface area (Å²) in [7, 11) is 0. The molecule has 0 radical (unpaired) electrons. The molecular formula is C13H6Cl3F3. The Labute approximate surface area is 122 Å². The molecule has 0 amide bonds. The summed E-state index contributed by atoms with van der Waals surface area (Å²) >= 11 is 17.5. The quantitative estimate of drug-likeness (QED) is 0.574. The Morgan fingerprint density at radius 2 is 1.47 bits per heavy atom. The van der Waals surface area contributed by atoms with Crippen LogP contribution in [0.3, 0.4) is 0 Å². The maximum atomic E-state index is 13.0. The Balaban J connectivity index is 2.70. The van der Waals surface area contributed by atoms with Gasteiger partial charge in [-0.1, -0.05) is 46.9 Å². The summed E-state index contributed by atoms with van der Waals surface area (Å²) in [5.41, 5.74) is -0.638. The van der Waals surface area contributed by atoms with E-state index in [4.69, 9.17) is 34.8 Å². The van der Waals surface area contributed by atoms with E-state index in [0.29, 0.717) is 0 Å². The molecule has 0 saturated carbocycles. The average molecular weight is 326 g/mol. The van der Waals surface area contributed by atoms with Gasteiger partial charge in [-0.15, -0.1) is 0 Å². The molecule has 0 bridgehead atoms. The monoisotopic (exact) mass is 324 g/mol. The third-order valence-corrected chi connectivity index (χ3v) is 3.58. The van der Waals surface area contributed by atoms with Crippen molar-refractivity contribution in [2.45, 2.75) is 6.18 Å². The molecule has 0 aliphatic carbocycles. The molecule has 0 atom stereocenters. The number of hydrogen-bond donors (Lipinski definition) is 0. The van der Waals surface area contributed by atoms with Crippen molar-refractivity contribution in [3.05, 3.63) is 57.0 Å². The van der Waals surface area contributed by atoms with E-state index in [1.165, 1.54) is 30.3 Å². The van der Waals surface area contributed by atoms with Crippen LogP contribution in [-0.2, 0) is 6.18 Å². The second kappa shape index (κ2) is 5.23. The van der Waals surface area contributed by atoms with Crippen LogP contribution < -0.4 is 0 Å². The number of benzene rings is 2. The summed E-state index contributed by atoms with van der Waals surface area (Å²) in [6.07, 6.45) is -4.49. The summed E-state index contributed by atoms with van der Waals surface area (Å²) in [5.74, 6) is 0. The molecule has 19 heavy (non-hydrogen) atoms. The van der Waals surface area contributed by atoms with E-state index in [-0.39, 0.29) is 26.2 Å². The third kappa shape index (κ3) is 2.99. The first-order valence-electron chi connectivity index (χ1n) is 5.12. The molecule has 0 aliphatic heterocycles. The third-order valence-electron chi connectivity index (χ3n) is 2.53. The van der Waals surface area contributed by atoms with Gasteiger partial charge in [0.25, 0.3) is 0 Å². The van der Waals surface area contributed by atoms with Crippen LogP contribution in [0.15, 0.2) is 36.4 Å². The number of rotatable bonds is 1. The van der Waals surface area contributed by atoms with Crippen molar-refractivity contribution in [3.8, 4) is 11.1 Å². The van der Waals surface area contributed by atoms with Crippen molar-refractivity contribution in [1.82, 2.24) is 0 Å². The molecule has 0 spiro atoms. The van der Waals surface area contributed by atoms with E-state index in [1.807, 2.05) is 0 Å². The topological polar surface area (TPSA) is 0 Å². The van der Waals surface area contributed by atoms with E-state index in [0.717, 1.165) is 6.07 Å². The standard InChI is InChI=1S/C13H6Cl3F3/c14-9-5-4-7(6-11(9)16)12-8(13(17,18)19)2-1-3-10(12)15/h1-6H. The van der Waals surface area contributed by atoms with Gasteiger partial charge in [-0.25, -0.2) is 0 Å². The van der Waals surface area contributed by atoms with Crippen LogP contribution >= 0.6 is 34.8 Å². The summed E-state index contributed by atoms with van der Waals surface area (Å²) in [5, 5.41) is 0.450. The number of halogens is 6. The lowest BCUT2D eigenvalue weighted by Crippen LogP contribution is -2.07. The van der Waals surface area contributed by atoms with Gasteiger partial charge in [0.2, 0.25) is 0 Å². The fourth-order valence-corrected chi connectivity index (χ4v) is 2.29. The van der Waals surface area contributed by atoms with Gasteiger partial charge in [0.1, 0.15) is 0 Å². The first-order chi connectivity index (χ1) is 8.80. The molecule has 0 saturated heterocycles. The second-order valence-electron chi connectivity index (χ2n) is 3.79. The first kappa shape index (κ1) is 14.5. The molecular weight excluding hydrogens is 319 g/mol. The predicted molar refractivity (Wildman–Crippen MR) is 71.9 cm³/mol. The Hall–Kier alpha value is -0.900. The minimum atomic E-state index is -4.49. The molecule has 2 aromatic rings. The lowest BCUT2D eigenvalue weighted by atomic mass is 9.99. The second-order valence-corrected chi connectivity index (χ2v) is 5.01. The minimum Gasteiger partial charge on any atom is -0.166 e. The zero-order valence-corrected chi connectivity index (χ0v) is 11.5. The van der Waals surface area contributed by atoms with Crippen molar-refractivity contribution in [2.24, 2.45) is 0 Å². The Bertz CT molecular complexity index is 621. The summed E-state index contributed by atoms with van der Waals surface area (Å²) in [6.45, 7) is 0. The first-order valence-corrected chi connectivity index (χ1v) is 6.25. The zero-order valence-electron chi connectivity index (χ0n) is 9.23. The smallest absolute Gasteiger partial charge is 0.166 e. The number of hydrogen-bond acceptors (Lipinski definition) is 0. The Morgan fingerprint density at radius 1 is 0.789 bits per heavy atom. The maximum absolute atomic E-state index is 13.0. The zero-order chi connectivity index (χ0) is 14.2. The van der Waals surface area contributed by atoms with Gasteiger partial charge in [0, 0.05) is 10.6 Å². The largest absolute Gasteiger partial charge is 0.417 e. The van der Waals surface area contributed by atoms with Crippen LogP contribution in [0.4, 0.5) is 13.2 Å². The lowest BCUT2D eigenvalue weighted by molar-refractivity contribution is -0.137. The molecule has 100 valence electrons. The Morgan fingerprint density at radius 3 is 2.05 bits per heavy atom. The molecule has 0 aliphatic rings. The highest BCUT2D eigenvalue weighted by atomic mass is 35.5. The van der Waals surface area contributed by atoms with Crippen LogP contribution in [0.2, 0.25) is 15.1 Å². The van der Waals surface area contributed by atoms with Gasteiger partial charge < -0.3 is 0 Å². The summed E-state index contributed by atoms with van der Waals surface area (Å²) in [6, 6.07) is 7.87. The highest BCUT2D eigenvalue weighted by molar-refractivity contribution is 6.42. The van der Waals surface area contributed by atoms with Crippen molar-refractivity contribution < 1.29 is 13.2 Å². The van der Waals surface area contributed by atoms with Gasteiger partial charge in [-0.3, -0.25) is 0 Å². The molecule has 0 nitrogen and oxygen atoms in total. The fraction of sp³-hybridized carbons (Fsp3) is 0.0769. The van der Waals surface area contributed by atoms with Crippen LogP contribution in [0.5, 0.6) is 0 Å². The van der Waals surface area contributed by atoms with Gasteiger partial charge >= 0.3 is 6.18 Å². The van der Waals surface area contributed by atoms with E-state index in [1.54, 1.807) is 0 Å². The lowest BCUT2D eigenvalue weighted by Gasteiger charge is -2.14. The van der Waals surface area contributed by atoms with E-state index in [2.05, 4.69) is 0 Å². The summed E-state index contributed by atoms with van der Waals surface area (Å²) < 4.78 is 38.9. The SMILES string of the molecule is FC(F)(F)c1cccc(Cl)c1-c1ccc(Cl)c(Cl)c1. The van der Waals surface area contributed by atoms with Crippen LogP contribution in [0, 0.1) is 0 Å². The van der Waals surface area contributed by atoms with Crippen molar-refractivity contribution in [1.29, 1.82) is 0 Å². The molecule has 6 heteroatoms.